The van der Waals surface area contributed by atoms with Crippen molar-refractivity contribution in [2.24, 2.45) is 11.8 Å². The first-order chi connectivity index (χ1) is 7.70. The van der Waals surface area contributed by atoms with Crippen LogP contribution in [0.5, 0.6) is 0 Å². The highest BCUT2D eigenvalue weighted by Gasteiger charge is 2.42. The number of aliphatic hydroxyl groups excluding tert-OH is 1. The SMILES string of the molecule is CN(CC1CC1)C1CC1CC(=O)CCCO. The zero-order valence-electron chi connectivity index (χ0n) is 10.2. The fraction of sp³-hybridized carbons (Fsp3) is 0.923. The van der Waals surface area contributed by atoms with Crippen LogP contribution in [-0.4, -0.2) is 42.0 Å². The fourth-order valence-electron chi connectivity index (χ4n) is 2.50. The van der Waals surface area contributed by atoms with Gasteiger partial charge in [0.15, 0.2) is 0 Å². The molecule has 0 radical (unpaired) electrons. The van der Waals surface area contributed by atoms with E-state index >= 15 is 0 Å². The standard InChI is InChI=1S/C13H23NO2/c1-14(9-10-4-5-10)13-8-11(13)7-12(16)3-2-6-15/h10-11,13,15H,2-9H2,1H3. The topological polar surface area (TPSA) is 40.5 Å². The Hall–Kier alpha value is -0.410. The second-order valence-corrected chi connectivity index (χ2v) is 5.52. The van der Waals surface area contributed by atoms with Crippen molar-refractivity contribution >= 4 is 5.78 Å². The molecule has 0 aromatic carbocycles. The molecule has 2 unspecified atom stereocenters. The number of hydrogen-bond donors (Lipinski definition) is 1. The summed E-state index contributed by atoms with van der Waals surface area (Å²) in [5.41, 5.74) is 0. The van der Waals surface area contributed by atoms with Gasteiger partial charge in [0, 0.05) is 32.0 Å². The number of hydrogen-bond acceptors (Lipinski definition) is 3. The van der Waals surface area contributed by atoms with E-state index in [1.807, 2.05) is 0 Å². The summed E-state index contributed by atoms with van der Waals surface area (Å²) in [4.78, 5) is 14.0. The summed E-state index contributed by atoms with van der Waals surface area (Å²) < 4.78 is 0. The number of Topliss-reactive ketones (excluding diaryl/α,β-unsaturated/α-hetero) is 1. The fourth-order valence-corrected chi connectivity index (χ4v) is 2.50. The van der Waals surface area contributed by atoms with Gasteiger partial charge in [-0.2, -0.15) is 0 Å². The van der Waals surface area contributed by atoms with Crippen LogP contribution in [0.2, 0.25) is 0 Å². The van der Waals surface area contributed by atoms with Crippen molar-refractivity contribution in [2.45, 2.75) is 44.6 Å². The van der Waals surface area contributed by atoms with Crippen LogP contribution in [0, 0.1) is 11.8 Å². The van der Waals surface area contributed by atoms with Gasteiger partial charge in [0.25, 0.3) is 0 Å². The highest BCUT2D eigenvalue weighted by molar-refractivity contribution is 5.79. The molecule has 3 nitrogen and oxygen atoms in total. The second-order valence-electron chi connectivity index (χ2n) is 5.52. The van der Waals surface area contributed by atoms with Crippen molar-refractivity contribution in [1.82, 2.24) is 4.90 Å². The number of ketones is 1. The van der Waals surface area contributed by atoms with Gasteiger partial charge < -0.3 is 10.0 Å². The lowest BCUT2D eigenvalue weighted by Crippen LogP contribution is -2.25. The highest BCUT2D eigenvalue weighted by Crippen LogP contribution is 2.40. The largest absolute Gasteiger partial charge is 0.396 e. The predicted octanol–water partition coefficient (Wildman–Crippen LogP) is 1.45. The zero-order chi connectivity index (χ0) is 11.5. The van der Waals surface area contributed by atoms with Crippen LogP contribution in [0.1, 0.15) is 38.5 Å². The molecule has 0 bridgehead atoms. The maximum absolute atomic E-state index is 11.5. The molecule has 0 spiro atoms. The Kier molecular flexibility index (Phi) is 3.98. The van der Waals surface area contributed by atoms with E-state index in [1.54, 1.807) is 0 Å². The van der Waals surface area contributed by atoms with E-state index in [0.29, 0.717) is 30.6 Å². The van der Waals surface area contributed by atoms with E-state index in [-0.39, 0.29) is 6.61 Å². The van der Waals surface area contributed by atoms with Crippen molar-refractivity contribution in [3.05, 3.63) is 0 Å². The van der Waals surface area contributed by atoms with Crippen LogP contribution >= 0.6 is 0 Å². The third-order valence-electron chi connectivity index (χ3n) is 3.80. The van der Waals surface area contributed by atoms with Gasteiger partial charge in [0.1, 0.15) is 5.78 Å². The molecule has 2 saturated carbocycles. The molecule has 2 fully saturated rings. The minimum Gasteiger partial charge on any atom is -0.396 e. The Morgan fingerprint density at radius 2 is 2.19 bits per heavy atom. The Morgan fingerprint density at radius 1 is 1.44 bits per heavy atom. The molecule has 92 valence electrons. The molecule has 16 heavy (non-hydrogen) atoms. The van der Waals surface area contributed by atoms with Crippen molar-refractivity contribution in [3.63, 3.8) is 0 Å². The number of carbonyl (C=O) groups excluding carboxylic acids is 1. The molecule has 2 aliphatic rings. The molecule has 3 heteroatoms. The van der Waals surface area contributed by atoms with E-state index in [2.05, 4.69) is 11.9 Å². The van der Waals surface area contributed by atoms with Crippen molar-refractivity contribution in [1.29, 1.82) is 0 Å². The summed E-state index contributed by atoms with van der Waals surface area (Å²) in [5.74, 6) is 1.88. The maximum Gasteiger partial charge on any atom is 0.133 e. The quantitative estimate of drug-likeness (QED) is 0.679. The molecule has 0 amide bonds. The van der Waals surface area contributed by atoms with Gasteiger partial charge in [0.05, 0.1) is 0 Å². The van der Waals surface area contributed by atoms with Gasteiger partial charge in [-0.3, -0.25) is 4.79 Å². The minimum absolute atomic E-state index is 0.140. The summed E-state index contributed by atoms with van der Waals surface area (Å²) in [6.07, 6.45) is 5.93. The van der Waals surface area contributed by atoms with E-state index < -0.39 is 0 Å². The maximum atomic E-state index is 11.5. The van der Waals surface area contributed by atoms with Crippen LogP contribution < -0.4 is 0 Å². The van der Waals surface area contributed by atoms with E-state index in [4.69, 9.17) is 5.11 Å². The first-order valence-corrected chi connectivity index (χ1v) is 6.53. The van der Waals surface area contributed by atoms with Gasteiger partial charge in [-0.05, 0) is 44.6 Å². The number of rotatable bonds is 8. The third-order valence-corrected chi connectivity index (χ3v) is 3.80. The molecule has 2 aliphatic carbocycles. The first-order valence-electron chi connectivity index (χ1n) is 6.53. The van der Waals surface area contributed by atoms with Crippen LogP contribution in [0.4, 0.5) is 0 Å². The zero-order valence-corrected chi connectivity index (χ0v) is 10.2. The number of carbonyl (C=O) groups is 1. The van der Waals surface area contributed by atoms with Crippen LogP contribution in [0.3, 0.4) is 0 Å². The smallest absolute Gasteiger partial charge is 0.133 e. The second kappa shape index (κ2) is 5.28. The molecular formula is C13H23NO2. The monoisotopic (exact) mass is 225 g/mol. The van der Waals surface area contributed by atoms with Gasteiger partial charge in [-0.1, -0.05) is 0 Å². The molecule has 0 aliphatic heterocycles. The van der Waals surface area contributed by atoms with Crippen molar-refractivity contribution < 1.29 is 9.90 Å². The van der Waals surface area contributed by atoms with Gasteiger partial charge in [-0.15, -0.1) is 0 Å². The first kappa shape index (κ1) is 12.1. The molecule has 2 atom stereocenters. The Morgan fingerprint density at radius 3 is 2.81 bits per heavy atom. The van der Waals surface area contributed by atoms with Crippen molar-refractivity contribution in [2.75, 3.05) is 20.2 Å². The molecule has 1 N–H and O–H groups in total. The lowest BCUT2D eigenvalue weighted by Gasteiger charge is -2.15. The highest BCUT2D eigenvalue weighted by atomic mass is 16.3. The lowest BCUT2D eigenvalue weighted by molar-refractivity contribution is -0.119. The molecule has 2 rings (SSSR count). The van der Waals surface area contributed by atoms with Crippen LogP contribution in [0.15, 0.2) is 0 Å². The summed E-state index contributed by atoms with van der Waals surface area (Å²) >= 11 is 0. The van der Waals surface area contributed by atoms with E-state index in [1.165, 1.54) is 25.8 Å². The van der Waals surface area contributed by atoms with Gasteiger partial charge in [-0.25, -0.2) is 0 Å². The average molecular weight is 225 g/mol. The Balaban J connectivity index is 1.60. The molecule has 0 heterocycles. The van der Waals surface area contributed by atoms with Crippen LogP contribution in [-0.2, 0) is 4.79 Å². The Labute approximate surface area is 97.8 Å². The van der Waals surface area contributed by atoms with E-state index in [0.717, 1.165) is 12.3 Å². The average Bonchev–Trinajstić information content (AvgIpc) is 3.10. The minimum atomic E-state index is 0.140. The normalized spacial score (nSPS) is 28.4. The summed E-state index contributed by atoms with van der Waals surface area (Å²) in [7, 11) is 2.20. The molecule has 0 aromatic heterocycles. The lowest BCUT2D eigenvalue weighted by atomic mass is 10.1. The van der Waals surface area contributed by atoms with Crippen LogP contribution in [0.25, 0.3) is 0 Å². The van der Waals surface area contributed by atoms with Crippen molar-refractivity contribution in [3.8, 4) is 0 Å². The summed E-state index contributed by atoms with van der Waals surface area (Å²) in [6, 6.07) is 0.665. The van der Waals surface area contributed by atoms with E-state index in [9.17, 15) is 4.79 Å². The third kappa shape index (κ3) is 3.56. The Bertz CT molecular complexity index is 250. The predicted molar refractivity (Wildman–Crippen MR) is 63.2 cm³/mol. The molecular weight excluding hydrogens is 202 g/mol. The number of aliphatic hydroxyl groups is 1. The summed E-state index contributed by atoms with van der Waals surface area (Å²) in [6.45, 7) is 1.37. The molecule has 0 aromatic rings. The summed E-state index contributed by atoms with van der Waals surface area (Å²) in [5, 5.41) is 8.65. The number of nitrogens with zero attached hydrogens (tertiary/aromatic N) is 1. The van der Waals surface area contributed by atoms with Gasteiger partial charge >= 0.3 is 0 Å². The molecule has 0 saturated heterocycles. The van der Waals surface area contributed by atoms with Gasteiger partial charge in [0.2, 0.25) is 0 Å².